The molecular weight excluding hydrogens is 180 g/mol. The first-order valence-corrected chi connectivity index (χ1v) is 4.71. The molecule has 74 valence electrons. The van der Waals surface area contributed by atoms with Gasteiger partial charge in [-0.15, -0.1) is 12.4 Å². The maximum absolute atomic E-state index is 2.31. The fraction of sp³-hybridized carbons (Fsp3) is 0.500. The SMILES string of the molecule is CC(C)c1cccc(C(C)C)c1.Cl. The Labute approximate surface area is 87.8 Å². The van der Waals surface area contributed by atoms with Gasteiger partial charge in [0, 0.05) is 0 Å². The molecule has 0 saturated heterocycles. The monoisotopic (exact) mass is 198 g/mol. The zero-order chi connectivity index (χ0) is 9.14. The summed E-state index contributed by atoms with van der Waals surface area (Å²) < 4.78 is 0. The van der Waals surface area contributed by atoms with Crippen molar-refractivity contribution in [3.8, 4) is 0 Å². The van der Waals surface area contributed by atoms with Crippen molar-refractivity contribution in [2.45, 2.75) is 39.5 Å². The molecule has 0 aliphatic rings. The lowest BCUT2D eigenvalue weighted by Crippen LogP contribution is -1.91. The van der Waals surface area contributed by atoms with Gasteiger partial charge in [0.05, 0.1) is 0 Å². The van der Waals surface area contributed by atoms with Gasteiger partial charge in [0.2, 0.25) is 0 Å². The van der Waals surface area contributed by atoms with Crippen molar-refractivity contribution in [3.63, 3.8) is 0 Å². The van der Waals surface area contributed by atoms with Crippen LogP contribution in [0.25, 0.3) is 0 Å². The molecule has 1 heteroatoms. The summed E-state index contributed by atoms with van der Waals surface area (Å²) in [6.07, 6.45) is 0. The molecule has 0 aliphatic heterocycles. The van der Waals surface area contributed by atoms with Crippen molar-refractivity contribution < 1.29 is 0 Å². The van der Waals surface area contributed by atoms with E-state index in [1.807, 2.05) is 0 Å². The third kappa shape index (κ3) is 3.40. The number of halogens is 1. The van der Waals surface area contributed by atoms with Crippen LogP contribution in [0.1, 0.15) is 50.7 Å². The molecule has 0 saturated carbocycles. The van der Waals surface area contributed by atoms with Crippen LogP contribution in [-0.4, -0.2) is 0 Å². The maximum Gasteiger partial charge on any atom is -0.0219 e. The molecule has 1 aromatic rings. The van der Waals surface area contributed by atoms with Gasteiger partial charge in [0.15, 0.2) is 0 Å². The molecule has 0 heterocycles. The molecule has 0 aromatic heterocycles. The summed E-state index contributed by atoms with van der Waals surface area (Å²) >= 11 is 0. The highest BCUT2D eigenvalue weighted by Crippen LogP contribution is 2.20. The second-order valence-electron chi connectivity index (χ2n) is 3.98. The lowest BCUT2D eigenvalue weighted by molar-refractivity contribution is 0.834. The molecule has 0 fully saturated rings. The van der Waals surface area contributed by atoms with Crippen LogP contribution in [0.15, 0.2) is 24.3 Å². The number of benzene rings is 1. The summed E-state index contributed by atoms with van der Waals surface area (Å²) in [5, 5.41) is 0. The van der Waals surface area contributed by atoms with Crippen LogP contribution in [-0.2, 0) is 0 Å². The zero-order valence-corrected chi connectivity index (χ0v) is 9.69. The minimum atomic E-state index is 0. The van der Waals surface area contributed by atoms with Crippen LogP contribution < -0.4 is 0 Å². The van der Waals surface area contributed by atoms with Gasteiger partial charge in [-0.1, -0.05) is 52.0 Å². The fourth-order valence-electron chi connectivity index (χ4n) is 1.28. The molecule has 0 N–H and O–H groups in total. The first-order valence-electron chi connectivity index (χ1n) is 4.71. The summed E-state index contributed by atoms with van der Waals surface area (Å²) in [7, 11) is 0. The highest BCUT2D eigenvalue weighted by Gasteiger charge is 2.02. The predicted octanol–water partition coefficient (Wildman–Crippen LogP) is 4.36. The van der Waals surface area contributed by atoms with Crippen LogP contribution in [0.3, 0.4) is 0 Å². The molecule has 13 heavy (non-hydrogen) atoms. The van der Waals surface area contributed by atoms with E-state index < -0.39 is 0 Å². The van der Waals surface area contributed by atoms with E-state index in [0.717, 1.165) is 0 Å². The minimum Gasteiger partial charge on any atom is -0.147 e. The summed E-state index contributed by atoms with van der Waals surface area (Å²) in [6, 6.07) is 8.88. The molecule has 0 atom stereocenters. The highest BCUT2D eigenvalue weighted by molar-refractivity contribution is 5.85. The van der Waals surface area contributed by atoms with E-state index in [1.54, 1.807) is 0 Å². The average Bonchev–Trinajstić information content (AvgIpc) is 2.04. The normalized spacial score (nSPS) is 10.3. The zero-order valence-electron chi connectivity index (χ0n) is 8.87. The van der Waals surface area contributed by atoms with Gasteiger partial charge in [0.1, 0.15) is 0 Å². The van der Waals surface area contributed by atoms with E-state index in [-0.39, 0.29) is 12.4 Å². The van der Waals surface area contributed by atoms with Gasteiger partial charge in [0.25, 0.3) is 0 Å². The largest absolute Gasteiger partial charge is 0.147 e. The molecule has 1 rings (SSSR count). The van der Waals surface area contributed by atoms with Gasteiger partial charge in [-0.25, -0.2) is 0 Å². The van der Waals surface area contributed by atoms with E-state index in [2.05, 4.69) is 52.0 Å². The summed E-state index contributed by atoms with van der Waals surface area (Å²) in [5.41, 5.74) is 2.89. The quantitative estimate of drug-likeness (QED) is 0.663. The lowest BCUT2D eigenvalue weighted by Gasteiger charge is -2.09. The van der Waals surface area contributed by atoms with Crippen molar-refractivity contribution >= 4 is 12.4 Å². The van der Waals surface area contributed by atoms with E-state index >= 15 is 0 Å². The number of hydrogen-bond donors (Lipinski definition) is 0. The Bertz CT molecular complexity index is 228. The first kappa shape index (κ1) is 12.5. The third-order valence-corrected chi connectivity index (χ3v) is 2.24. The fourth-order valence-corrected chi connectivity index (χ4v) is 1.28. The average molecular weight is 199 g/mol. The Kier molecular flexibility index (Phi) is 5.09. The van der Waals surface area contributed by atoms with Gasteiger partial charge in [-0.05, 0) is 23.0 Å². The first-order chi connectivity index (χ1) is 5.61. The Balaban J connectivity index is 0.00000144. The standard InChI is InChI=1S/C12H18.ClH/c1-9(2)11-6-5-7-12(8-11)10(3)4;/h5-10H,1-4H3;1H. The molecule has 0 nitrogen and oxygen atoms in total. The second kappa shape index (κ2) is 5.29. The summed E-state index contributed by atoms with van der Waals surface area (Å²) in [5.74, 6) is 1.28. The molecule has 0 aliphatic carbocycles. The Morgan fingerprint density at radius 1 is 0.846 bits per heavy atom. The Morgan fingerprint density at radius 2 is 1.23 bits per heavy atom. The van der Waals surface area contributed by atoms with E-state index in [1.165, 1.54) is 11.1 Å². The molecule has 0 bridgehead atoms. The molecule has 0 radical (unpaired) electrons. The number of hydrogen-bond acceptors (Lipinski definition) is 0. The topological polar surface area (TPSA) is 0 Å². The van der Waals surface area contributed by atoms with Crippen LogP contribution in [0.4, 0.5) is 0 Å². The van der Waals surface area contributed by atoms with Crippen molar-refractivity contribution in [1.29, 1.82) is 0 Å². The van der Waals surface area contributed by atoms with Crippen LogP contribution in [0.2, 0.25) is 0 Å². The van der Waals surface area contributed by atoms with Gasteiger partial charge in [-0.3, -0.25) is 0 Å². The highest BCUT2D eigenvalue weighted by atomic mass is 35.5. The molecule has 0 amide bonds. The van der Waals surface area contributed by atoms with Crippen molar-refractivity contribution in [1.82, 2.24) is 0 Å². The van der Waals surface area contributed by atoms with Crippen molar-refractivity contribution in [3.05, 3.63) is 35.4 Å². The summed E-state index contributed by atoms with van der Waals surface area (Å²) in [4.78, 5) is 0. The molecule has 0 unspecified atom stereocenters. The molecule has 0 spiro atoms. The minimum absolute atomic E-state index is 0. The third-order valence-electron chi connectivity index (χ3n) is 2.24. The van der Waals surface area contributed by atoms with E-state index in [9.17, 15) is 0 Å². The second-order valence-corrected chi connectivity index (χ2v) is 3.98. The molecule has 1 aromatic carbocycles. The van der Waals surface area contributed by atoms with Crippen molar-refractivity contribution in [2.75, 3.05) is 0 Å². The lowest BCUT2D eigenvalue weighted by atomic mass is 9.96. The van der Waals surface area contributed by atoms with Crippen LogP contribution in [0, 0.1) is 0 Å². The summed E-state index contributed by atoms with van der Waals surface area (Å²) in [6.45, 7) is 8.94. The van der Waals surface area contributed by atoms with Gasteiger partial charge in [-0.2, -0.15) is 0 Å². The van der Waals surface area contributed by atoms with Crippen LogP contribution >= 0.6 is 12.4 Å². The number of rotatable bonds is 2. The van der Waals surface area contributed by atoms with Crippen molar-refractivity contribution in [2.24, 2.45) is 0 Å². The predicted molar refractivity (Wildman–Crippen MR) is 61.9 cm³/mol. The maximum atomic E-state index is 2.31. The smallest absolute Gasteiger partial charge is 0.0219 e. The van der Waals surface area contributed by atoms with E-state index in [4.69, 9.17) is 0 Å². The van der Waals surface area contributed by atoms with Gasteiger partial charge < -0.3 is 0 Å². The van der Waals surface area contributed by atoms with E-state index in [0.29, 0.717) is 11.8 Å². The molecular formula is C12H19Cl. The Morgan fingerprint density at radius 3 is 1.54 bits per heavy atom. The van der Waals surface area contributed by atoms with Gasteiger partial charge >= 0.3 is 0 Å². The Hall–Kier alpha value is -0.490. The van der Waals surface area contributed by atoms with Crippen LogP contribution in [0.5, 0.6) is 0 Å².